The summed E-state index contributed by atoms with van der Waals surface area (Å²) in [7, 11) is 1.47. The maximum absolute atomic E-state index is 12.7. The van der Waals surface area contributed by atoms with Crippen LogP contribution < -0.4 is 0 Å². The molecule has 1 fully saturated rings. The van der Waals surface area contributed by atoms with Gasteiger partial charge in [-0.3, -0.25) is 9.59 Å². The monoisotopic (exact) mass is 354 g/mol. The molecule has 23 heavy (non-hydrogen) atoms. The van der Waals surface area contributed by atoms with Crippen molar-refractivity contribution in [1.29, 1.82) is 0 Å². The van der Waals surface area contributed by atoms with Gasteiger partial charge in [-0.25, -0.2) is 4.98 Å². The molecule has 1 amide bonds. The zero-order valence-electron chi connectivity index (χ0n) is 12.4. The lowest BCUT2D eigenvalue weighted by atomic mass is 9.88. The summed E-state index contributed by atoms with van der Waals surface area (Å²) in [6, 6.07) is 3.52. The number of ether oxygens (including phenoxy) is 1. The van der Waals surface area contributed by atoms with Gasteiger partial charge in [-0.1, -0.05) is 11.6 Å². The lowest BCUT2D eigenvalue weighted by Crippen LogP contribution is -2.40. The van der Waals surface area contributed by atoms with E-state index in [2.05, 4.69) is 4.98 Å². The molecular formula is C15H15ClN2O4S. The second kappa shape index (κ2) is 6.07. The second-order valence-electron chi connectivity index (χ2n) is 5.62. The summed E-state index contributed by atoms with van der Waals surface area (Å²) < 4.78 is 5.93. The molecule has 0 aromatic carbocycles. The number of hydrogen-bond donors (Lipinski definition) is 1. The number of carboxylic acids is 1. The van der Waals surface area contributed by atoms with Gasteiger partial charge in [0, 0.05) is 36.5 Å². The van der Waals surface area contributed by atoms with Crippen LogP contribution in [0, 0.1) is 5.41 Å². The van der Waals surface area contributed by atoms with Crippen molar-refractivity contribution in [1.82, 2.24) is 9.88 Å². The van der Waals surface area contributed by atoms with Crippen LogP contribution in [-0.2, 0) is 9.53 Å². The highest BCUT2D eigenvalue weighted by Crippen LogP contribution is 2.35. The van der Waals surface area contributed by atoms with Gasteiger partial charge in [0.15, 0.2) is 0 Å². The number of amides is 1. The molecule has 0 bridgehead atoms. The normalized spacial score (nSPS) is 21.0. The number of pyridine rings is 1. The standard InChI is InChI=1S/C15H15ClN2O4S/c1-22-8-15(14(20)21)3-5-18(7-15)13(19)11-6-9-10(23-11)2-4-17-12(9)16/h2,4,6H,3,5,7-8H2,1H3,(H,20,21). The van der Waals surface area contributed by atoms with E-state index < -0.39 is 11.4 Å². The van der Waals surface area contributed by atoms with Gasteiger partial charge in [0.1, 0.15) is 10.6 Å². The molecule has 1 atom stereocenters. The number of carboxylic acid groups (broad SMARTS) is 1. The van der Waals surface area contributed by atoms with Crippen LogP contribution in [0.5, 0.6) is 0 Å². The minimum absolute atomic E-state index is 0.0915. The fourth-order valence-corrected chi connectivity index (χ4v) is 4.16. The van der Waals surface area contributed by atoms with Crippen LogP contribution in [-0.4, -0.2) is 53.7 Å². The minimum Gasteiger partial charge on any atom is -0.481 e. The maximum Gasteiger partial charge on any atom is 0.313 e. The first-order valence-electron chi connectivity index (χ1n) is 7.02. The van der Waals surface area contributed by atoms with Crippen molar-refractivity contribution in [3.05, 3.63) is 28.4 Å². The van der Waals surface area contributed by atoms with Gasteiger partial charge in [-0.2, -0.15) is 0 Å². The fraction of sp³-hybridized carbons (Fsp3) is 0.400. The van der Waals surface area contributed by atoms with Gasteiger partial charge in [0.05, 0.1) is 11.5 Å². The van der Waals surface area contributed by atoms with Crippen LogP contribution in [0.25, 0.3) is 10.1 Å². The Morgan fingerprint density at radius 3 is 3.00 bits per heavy atom. The number of carbonyl (C=O) groups excluding carboxylic acids is 1. The largest absolute Gasteiger partial charge is 0.481 e. The first-order valence-corrected chi connectivity index (χ1v) is 8.22. The molecule has 1 unspecified atom stereocenters. The molecule has 1 N–H and O–H groups in total. The van der Waals surface area contributed by atoms with Gasteiger partial charge in [-0.15, -0.1) is 11.3 Å². The number of rotatable bonds is 4. The summed E-state index contributed by atoms with van der Waals surface area (Å²) in [5.74, 6) is -1.11. The van der Waals surface area contributed by atoms with Crippen LogP contribution in [0.4, 0.5) is 0 Å². The smallest absolute Gasteiger partial charge is 0.313 e. The molecule has 0 aliphatic carbocycles. The lowest BCUT2D eigenvalue weighted by molar-refractivity contribution is -0.151. The van der Waals surface area contributed by atoms with Crippen LogP contribution in [0.1, 0.15) is 16.1 Å². The molecule has 3 rings (SSSR count). The van der Waals surface area contributed by atoms with Crippen LogP contribution >= 0.6 is 22.9 Å². The number of aromatic nitrogens is 1. The number of nitrogens with zero attached hydrogens (tertiary/aromatic N) is 2. The number of aliphatic carboxylic acids is 1. The molecule has 8 heteroatoms. The number of carbonyl (C=O) groups is 2. The van der Waals surface area contributed by atoms with E-state index in [-0.39, 0.29) is 19.1 Å². The van der Waals surface area contributed by atoms with E-state index in [9.17, 15) is 14.7 Å². The molecule has 1 aliphatic heterocycles. The third kappa shape index (κ3) is 2.80. The molecule has 1 aliphatic rings. The highest BCUT2D eigenvalue weighted by Gasteiger charge is 2.46. The summed E-state index contributed by atoms with van der Waals surface area (Å²) in [6.45, 7) is 0.637. The zero-order chi connectivity index (χ0) is 16.6. The Bertz CT molecular complexity index is 778. The molecule has 6 nitrogen and oxygen atoms in total. The Balaban J connectivity index is 1.86. The third-order valence-electron chi connectivity index (χ3n) is 4.12. The Morgan fingerprint density at radius 1 is 1.57 bits per heavy atom. The van der Waals surface area contributed by atoms with Crippen molar-refractivity contribution in [2.75, 3.05) is 26.8 Å². The van der Waals surface area contributed by atoms with Gasteiger partial charge < -0.3 is 14.7 Å². The molecule has 3 heterocycles. The van der Waals surface area contributed by atoms with Crippen molar-refractivity contribution >= 4 is 44.9 Å². The molecular weight excluding hydrogens is 340 g/mol. The Labute approximate surface area is 141 Å². The topological polar surface area (TPSA) is 79.7 Å². The van der Waals surface area contributed by atoms with Gasteiger partial charge in [0.2, 0.25) is 0 Å². The van der Waals surface area contributed by atoms with E-state index in [1.807, 2.05) is 0 Å². The second-order valence-corrected chi connectivity index (χ2v) is 7.06. The summed E-state index contributed by atoms with van der Waals surface area (Å²) in [6.07, 6.45) is 1.98. The fourth-order valence-electron chi connectivity index (χ4n) is 2.87. The molecule has 2 aromatic rings. The maximum atomic E-state index is 12.7. The molecule has 1 saturated heterocycles. The predicted molar refractivity (Wildman–Crippen MR) is 87.1 cm³/mol. The van der Waals surface area contributed by atoms with Crippen molar-refractivity contribution < 1.29 is 19.4 Å². The van der Waals surface area contributed by atoms with Gasteiger partial charge in [0.25, 0.3) is 5.91 Å². The van der Waals surface area contributed by atoms with E-state index >= 15 is 0 Å². The van der Waals surface area contributed by atoms with Crippen LogP contribution in [0.3, 0.4) is 0 Å². The number of methoxy groups -OCH3 is 1. The number of fused-ring (bicyclic) bond motifs is 1. The summed E-state index contributed by atoms with van der Waals surface area (Å²) in [5, 5.41) is 10.6. The van der Waals surface area contributed by atoms with E-state index in [0.29, 0.717) is 23.0 Å². The minimum atomic E-state index is -1.03. The average Bonchev–Trinajstić information content (AvgIpc) is 3.13. The molecule has 0 spiro atoms. The van der Waals surface area contributed by atoms with E-state index in [1.54, 1.807) is 23.2 Å². The van der Waals surface area contributed by atoms with E-state index in [0.717, 1.165) is 10.1 Å². The first-order chi connectivity index (χ1) is 11.0. The summed E-state index contributed by atoms with van der Waals surface area (Å²) in [5.41, 5.74) is -1.03. The molecule has 122 valence electrons. The summed E-state index contributed by atoms with van der Waals surface area (Å²) in [4.78, 5) is 30.3. The van der Waals surface area contributed by atoms with Crippen molar-refractivity contribution in [3.63, 3.8) is 0 Å². The highest BCUT2D eigenvalue weighted by molar-refractivity contribution is 7.20. The van der Waals surface area contributed by atoms with Crippen molar-refractivity contribution in [3.8, 4) is 0 Å². The lowest BCUT2D eigenvalue weighted by Gasteiger charge is -2.23. The number of halogens is 1. The van der Waals surface area contributed by atoms with Crippen molar-refractivity contribution in [2.45, 2.75) is 6.42 Å². The molecule has 0 radical (unpaired) electrons. The predicted octanol–water partition coefficient (Wildman–Crippen LogP) is 2.51. The number of hydrogen-bond acceptors (Lipinski definition) is 5. The zero-order valence-corrected chi connectivity index (χ0v) is 14.0. The third-order valence-corrected chi connectivity index (χ3v) is 5.51. The Hall–Kier alpha value is -1.70. The van der Waals surface area contributed by atoms with Gasteiger partial charge >= 0.3 is 5.97 Å². The SMILES string of the molecule is COCC1(C(=O)O)CCN(C(=O)c2cc3c(Cl)nccc3s2)C1. The van der Waals surface area contributed by atoms with E-state index in [1.165, 1.54) is 18.4 Å². The first kappa shape index (κ1) is 16.2. The van der Waals surface area contributed by atoms with Crippen LogP contribution in [0.2, 0.25) is 5.15 Å². The highest BCUT2D eigenvalue weighted by atomic mass is 35.5. The van der Waals surface area contributed by atoms with Crippen molar-refractivity contribution in [2.24, 2.45) is 5.41 Å². The molecule has 2 aromatic heterocycles. The quantitative estimate of drug-likeness (QED) is 0.853. The average molecular weight is 355 g/mol. The Morgan fingerprint density at radius 2 is 2.35 bits per heavy atom. The Kier molecular flexibility index (Phi) is 4.27. The number of thiophene rings is 1. The van der Waals surface area contributed by atoms with Gasteiger partial charge in [-0.05, 0) is 18.6 Å². The van der Waals surface area contributed by atoms with E-state index in [4.69, 9.17) is 16.3 Å². The number of likely N-dealkylation sites (tertiary alicyclic amines) is 1. The van der Waals surface area contributed by atoms with Crippen LogP contribution in [0.15, 0.2) is 18.3 Å². The molecule has 0 saturated carbocycles. The summed E-state index contributed by atoms with van der Waals surface area (Å²) >= 11 is 7.37.